The molecular formula is C13H10N2O2. The average molecular weight is 226 g/mol. The minimum absolute atomic E-state index is 0.216. The molecule has 0 bridgehead atoms. The van der Waals surface area contributed by atoms with E-state index in [0.29, 0.717) is 11.1 Å². The molecule has 0 N–H and O–H groups in total. The molecule has 0 heterocycles. The molecule has 0 saturated heterocycles. The number of hydrogen-bond acceptors (Lipinski definition) is 4. The zero-order valence-electron chi connectivity index (χ0n) is 9.30. The second kappa shape index (κ2) is 6.09. The molecule has 0 amide bonds. The molecule has 4 heteroatoms. The molecule has 0 fully saturated rings. The molecule has 1 aromatic carbocycles. The number of benzene rings is 1. The van der Waals surface area contributed by atoms with E-state index in [9.17, 15) is 4.79 Å². The van der Waals surface area contributed by atoms with Crippen LogP contribution in [-0.4, -0.2) is 12.6 Å². The van der Waals surface area contributed by atoms with E-state index in [0.717, 1.165) is 6.08 Å². The maximum Gasteiger partial charge on any atom is 0.332 e. The van der Waals surface area contributed by atoms with E-state index >= 15 is 0 Å². The summed E-state index contributed by atoms with van der Waals surface area (Å²) >= 11 is 0. The Hall–Kier alpha value is -2.59. The van der Waals surface area contributed by atoms with E-state index in [4.69, 9.17) is 15.3 Å². The summed E-state index contributed by atoms with van der Waals surface area (Å²) in [6, 6.07) is 10.3. The van der Waals surface area contributed by atoms with Crippen LogP contribution in [0.3, 0.4) is 0 Å². The summed E-state index contributed by atoms with van der Waals surface area (Å²) in [6.07, 6.45) is 1.14. The SMILES string of the molecule is CCOC(=O)C=C(C#N)c1ccc(C#N)cc1. The van der Waals surface area contributed by atoms with Crippen LogP contribution in [0.25, 0.3) is 5.57 Å². The number of carbonyl (C=O) groups excluding carboxylic acids is 1. The van der Waals surface area contributed by atoms with Crippen molar-refractivity contribution >= 4 is 11.5 Å². The van der Waals surface area contributed by atoms with Gasteiger partial charge in [-0.25, -0.2) is 4.79 Å². The third-order valence-corrected chi connectivity index (χ3v) is 1.99. The van der Waals surface area contributed by atoms with E-state index in [1.54, 1.807) is 31.2 Å². The maximum absolute atomic E-state index is 11.2. The first-order chi connectivity index (χ1) is 8.21. The highest BCUT2D eigenvalue weighted by atomic mass is 16.5. The van der Waals surface area contributed by atoms with Crippen molar-refractivity contribution in [1.29, 1.82) is 10.5 Å². The Morgan fingerprint density at radius 2 is 2.00 bits per heavy atom. The van der Waals surface area contributed by atoms with E-state index in [2.05, 4.69) is 0 Å². The lowest BCUT2D eigenvalue weighted by Crippen LogP contribution is -2.00. The Morgan fingerprint density at radius 1 is 1.35 bits per heavy atom. The maximum atomic E-state index is 11.2. The van der Waals surface area contributed by atoms with E-state index < -0.39 is 5.97 Å². The molecule has 1 aromatic rings. The van der Waals surface area contributed by atoms with Crippen LogP contribution in [0.5, 0.6) is 0 Å². The number of ether oxygens (including phenoxy) is 1. The van der Waals surface area contributed by atoms with Crippen molar-refractivity contribution in [2.45, 2.75) is 6.92 Å². The van der Waals surface area contributed by atoms with Gasteiger partial charge in [0.1, 0.15) is 6.07 Å². The number of nitrogens with zero attached hydrogens (tertiary/aromatic N) is 2. The summed E-state index contributed by atoms with van der Waals surface area (Å²) in [7, 11) is 0. The monoisotopic (exact) mass is 226 g/mol. The van der Waals surface area contributed by atoms with Gasteiger partial charge in [-0.3, -0.25) is 0 Å². The third-order valence-electron chi connectivity index (χ3n) is 1.99. The van der Waals surface area contributed by atoms with Crippen LogP contribution in [0.15, 0.2) is 30.3 Å². The quantitative estimate of drug-likeness (QED) is 0.449. The molecule has 0 radical (unpaired) electrons. The van der Waals surface area contributed by atoms with E-state index in [-0.39, 0.29) is 12.2 Å². The molecule has 0 aliphatic rings. The van der Waals surface area contributed by atoms with Crippen LogP contribution >= 0.6 is 0 Å². The molecule has 84 valence electrons. The van der Waals surface area contributed by atoms with Crippen LogP contribution in [0.2, 0.25) is 0 Å². The lowest BCUT2D eigenvalue weighted by atomic mass is 10.1. The first kappa shape index (κ1) is 12.5. The number of esters is 1. The molecule has 0 aliphatic carbocycles. The van der Waals surface area contributed by atoms with Gasteiger partial charge < -0.3 is 4.74 Å². The topological polar surface area (TPSA) is 73.9 Å². The van der Waals surface area contributed by atoms with E-state index in [1.807, 2.05) is 12.1 Å². The highest BCUT2D eigenvalue weighted by molar-refractivity contribution is 5.95. The summed E-state index contributed by atoms with van der Waals surface area (Å²) in [6.45, 7) is 1.96. The number of carbonyl (C=O) groups is 1. The zero-order chi connectivity index (χ0) is 12.7. The van der Waals surface area contributed by atoms with Gasteiger partial charge in [0.2, 0.25) is 0 Å². The van der Waals surface area contributed by atoms with Gasteiger partial charge in [-0.2, -0.15) is 10.5 Å². The molecule has 0 saturated carbocycles. The molecule has 1 rings (SSSR count). The molecule has 0 spiro atoms. The number of rotatable bonds is 3. The van der Waals surface area contributed by atoms with Crippen LogP contribution in [0.1, 0.15) is 18.1 Å². The fourth-order valence-electron chi connectivity index (χ4n) is 1.21. The van der Waals surface area contributed by atoms with Crippen LogP contribution in [0.4, 0.5) is 0 Å². The van der Waals surface area contributed by atoms with Gasteiger partial charge in [0.15, 0.2) is 0 Å². The van der Waals surface area contributed by atoms with Crippen molar-refractivity contribution in [2.24, 2.45) is 0 Å². The average Bonchev–Trinajstić information content (AvgIpc) is 2.36. The molecular weight excluding hydrogens is 216 g/mol. The molecule has 4 nitrogen and oxygen atoms in total. The highest BCUT2D eigenvalue weighted by Gasteiger charge is 2.04. The van der Waals surface area contributed by atoms with Gasteiger partial charge in [0.05, 0.1) is 23.8 Å². The first-order valence-electron chi connectivity index (χ1n) is 5.00. The van der Waals surface area contributed by atoms with Gasteiger partial charge in [-0.1, -0.05) is 12.1 Å². The Morgan fingerprint density at radius 3 is 2.47 bits per heavy atom. The lowest BCUT2D eigenvalue weighted by molar-refractivity contribution is -0.137. The van der Waals surface area contributed by atoms with Gasteiger partial charge in [-0.05, 0) is 24.6 Å². The van der Waals surface area contributed by atoms with Crippen LogP contribution in [0, 0.1) is 22.7 Å². The van der Waals surface area contributed by atoms with Crippen molar-refractivity contribution in [3.05, 3.63) is 41.5 Å². The summed E-state index contributed by atoms with van der Waals surface area (Å²) < 4.78 is 4.72. The predicted octanol–water partition coefficient (Wildman–Crippen LogP) is 2.03. The normalized spacial score (nSPS) is 10.2. The molecule has 0 atom stereocenters. The Labute approximate surface area is 99.4 Å². The van der Waals surface area contributed by atoms with Gasteiger partial charge in [0, 0.05) is 6.08 Å². The Bertz CT molecular complexity index is 516. The van der Waals surface area contributed by atoms with Gasteiger partial charge in [0.25, 0.3) is 0 Å². The second-order valence-electron chi connectivity index (χ2n) is 3.11. The first-order valence-corrected chi connectivity index (χ1v) is 5.00. The number of nitriles is 2. The fraction of sp³-hybridized carbons (Fsp3) is 0.154. The van der Waals surface area contributed by atoms with Crippen molar-refractivity contribution in [2.75, 3.05) is 6.61 Å². The smallest absolute Gasteiger partial charge is 0.332 e. The second-order valence-corrected chi connectivity index (χ2v) is 3.11. The summed E-state index contributed by atoms with van der Waals surface area (Å²) in [5.74, 6) is -0.548. The molecule has 0 aliphatic heterocycles. The van der Waals surface area contributed by atoms with Gasteiger partial charge >= 0.3 is 5.97 Å². The highest BCUT2D eigenvalue weighted by Crippen LogP contribution is 2.14. The standard InChI is InChI=1S/C13H10N2O2/c1-2-17-13(16)7-12(9-15)11-5-3-10(8-14)4-6-11/h3-7H,2H2,1H3. The molecule has 0 aromatic heterocycles. The largest absolute Gasteiger partial charge is 0.463 e. The van der Waals surface area contributed by atoms with Gasteiger partial charge in [-0.15, -0.1) is 0 Å². The van der Waals surface area contributed by atoms with Crippen LogP contribution < -0.4 is 0 Å². The van der Waals surface area contributed by atoms with Crippen molar-refractivity contribution in [3.63, 3.8) is 0 Å². The van der Waals surface area contributed by atoms with Crippen molar-refractivity contribution in [3.8, 4) is 12.1 Å². The Kier molecular flexibility index (Phi) is 4.47. The minimum atomic E-state index is -0.548. The van der Waals surface area contributed by atoms with Crippen LogP contribution in [-0.2, 0) is 9.53 Å². The molecule has 17 heavy (non-hydrogen) atoms. The Balaban J connectivity index is 2.99. The number of allylic oxidation sites excluding steroid dienone is 1. The summed E-state index contributed by atoms with van der Waals surface area (Å²) in [5.41, 5.74) is 1.30. The van der Waals surface area contributed by atoms with E-state index in [1.165, 1.54) is 0 Å². The third kappa shape index (κ3) is 3.48. The predicted molar refractivity (Wildman–Crippen MR) is 61.4 cm³/mol. The summed E-state index contributed by atoms with van der Waals surface area (Å²) in [5, 5.41) is 17.6. The minimum Gasteiger partial charge on any atom is -0.463 e. The summed E-state index contributed by atoms with van der Waals surface area (Å²) in [4.78, 5) is 11.2. The lowest BCUT2D eigenvalue weighted by Gasteiger charge is -1.99. The van der Waals surface area contributed by atoms with Crippen molar-refractivity contribution in [1.82, 2.24) is 0 Å². The molecule has 0 unspecified atom stereocenters. The zero-order valence-corrected chi connectivity index (χ0v) is 9.30. The van der Waals surface area contributed by atoms with Crippen molar-refractivity contribution < 1.29 is 9.53 Å². The number of hydrogen-bond donors (Lipinski definition) is 0. The fourth-order valence-corrected chi connectivity index (χ4v) is 1.21.